The fourth-order valence-corrected chi connectivity index (χ4v) is 1.27. The molecule has 0 aliphatic rings. The normalized spacial score (nSPS) is 10.1. The number of phenols is 1. The van der Waals surface area contributed by atoms with Crippen molar-refractivity contribution in [2.45, 2.75) is 27.2 Å². The van der Waals surface area contributed by atoms with E-state index in [-0.39, 0.29) is 0 Å². The minimum atomic E-state index is 0.410. The summed E-state index contributed by atoms with van der Waals surface area (Å²) in [6, 6.07) is 3.87. The van der Waals surface area contributed by atoms with Crippen LogP contribution in [0.5, 0.6) is 5.75 Å². The Morgan fingerprint density at radius 1 is 1.18 bits per heavy atom. The summed E-state index contributed by atoms with van der Waals surface area (Å²) in [4.78, 5) is 0. The van der Waals surface area contributed by atoms with Gasteiger partial charge in [0, 0.05) is 0 Å². The molecule has 0 saturated heterocycles. The van der Waals surface area contributed by atoms with Crippen LogP contribution in [0.15, 0.2) is 12.1 Å². The predicted molar refractivity (Wildman–Crippen MR) is 47.0 cm³/mol. The van der Waals surface area contributed by atoms with Gasteiger partial charge in [-0.15, -0.1) is 0 Å². The molecule has 0 atom stereocenters. The molecule has 11 heavy (non-hydrogen) atoms. The highest BCUT2D eigenvalue weighted by Gasteiger charge is 2.00. The number of aromatic hydroxyl groups is 1. The van der Waals surface area contributed by atoms with E-state index in [0.717, 1.165) is 12.0 Å². The smallest absolute Gasteiger partial charge is 0.118 e. The molecule has 0 unspecified atom stereocenters. The van der Waals surface area contributed by atoms with Crippen molar-refractivity contribution in [3.8, 4) is 5.75 Å². The highest BCUT2D eigenvalue weighted by atomic mass is 16.3. The van der Waals surface area contributed by atoms with Crippen LogP contribution >= 0.6 is 0 Å². The Bertz CT molecular complexity index is 264. The van der Waals surface area contributed by atoms with E-state index < -0.39 is 0 Å². The molecule has 1 aromatic rings. The number of hydrogen-bond donors (Lipinski definition) is 1. The van der Waals surface area contributed by atoms with E-state index in [1.807, 2.05) is 19.1 Å². The Balaban J connectivity index is 3.21. The van der Waals surface area contributed by atoms with Crippen LogP contribution in [0, 0.1) is 13.8 Å². The van der Waals surface area contributed by atoms with Gasteiger partial charge < -0.3 is 5.11 Å². The average Bonchev–Trinajstić information content (AvgIpc) is 1.97. The molecule has 0 amide bonds. The van der Waals surface area contributed by atoms with Crippen LogP contribution in [0.2, 0.25) is 0 Å². The zero-order chi connectivity index (χ0) is 8.43. The van der Waals surface area contributed by atoms with Gasteiger partial charge in [-0.3, -0.25) is 0 Å². The second-order valence-electron chi connectivity index (χ2n) is 2.92. The SMILES string of the molecule is CCc1cc(O)c(C)cc1C. The van der Waals surface area contributed by atoms with Crippen LogP contribution in [0.25, 0.3) is 0 Å². The average molecular weight is 150 g/mol. The predicted octanol–water partition coefficient (Wildman–Crippen LogP) is 2.57. The van der Waals surface area contributed by atoms with Crippen molar-refractivity contribution in [1.29, 1.82) is 0 Å². The van der Waals surface area contributed by atoms with Gasteiger partial charge in [0.05, 0.1) is 0 Å². The molecule has 1 nitrogen and oxygen atoms in total. The van der Waals surface area contributed by atoms with Gasteiger partial charge in [-0.2, -0.15) is 0 Å². The van der Waals surface area contributed by atoms with E-state index in [0.29, 0.717) is 5.75 Å². The van der Waals surface area contributed by atoms with Crippen molar-refractivity contribution >= 4 is 0 Å². The Labute approximate surface area is 67.7 Å². The number of rotatable bonds is 1. The molecular weight excluding hydrogens is 136 g/mol. The van der Waals surface area contributed by atoms with Crippen molar-refractivity contribution in [3.05, 3.63) is 28.8 Å². The van der Waals surface area contributed by atoms with Crippen LogP contribution in [-0.4, -0.2) is 5.11 Å². The van der Waals surface area contributed by atoms with Gasteiger partial charge in [-0.1, -0.05) is 13.0 Å². The summed E-state index contributed by atoms with van der Waals surface area (Å²) < 4.78 is 0. The van der Waals surface area contributed by atoms with E-state index in [1.54, 1.807) is 0 Å². The van der Waals surface area contributed by atoms with Crippen molar-refractivity contribution in [1.82, 2.24) is 0 Å². The quantitative estimate of drug-likeness (QED) is 0.652. The summed E-state index contributed by atoms with van der Waals surface area (Å²) in [5.41, 5.74) is 3.45. The van der Waals surface area contributed by atoms with Crippen LogP contribution in [0.3, 0.4) is 0 Å². The van der Waals surface area contributed by atoms with Gasteiger partial charge in [0.15, 0.2) is 0 Å². The summed E-state index contributed by atoms with van der Waals surface area (Å²) in [5, 5.41) is 9.36. The lowest BCUT2D eigenvalue weighted by Gasteiger charge is -2.05. The van der Waals surface area contributed by atoms with Crippen molar-refractivity contribution < 1.29 is 5.11 Å². The fraction of sp³-hybridized carbons (Fsp3) is 0.400. The molecule has 0 aromatic heterocycles. The van der Waals surface area contributed by atoms with E-state index in [2.05, 4.69) is 13.8 Å². The lowest BCUT2D eigenvalue weighted by atomic mass is 10.0. The first-order chi connectivity index (χ1) is 5.15. The Kier molecular flexibility index (Phi) is 2.18. The van der Waals surface area contributed by atoms with Crippen LogP contribution in [0.1, 0.15) is 23.6 Å². The molecule has 0 radical (unpaired) electrons. The molecule has 0 fully saturated rings. The molecule has 0 aliphatic heterocycles. The van der Waals surface area contributed by atoms with E-state index in [9.17, 15) is 5.11 Å². The van der Waals surface area contributed by atoms with E-state index in [1.165, 1.54) is 11.1 Å². The molecule has 1 rings (SSSR count). The highest BCUT2D eigenvalue weighted by Crippen LogP contribution is 2.21. The summed E-state index contributed by atoms with van der Waals surface area (Å²) in [7, 11) is 0. The molecule has 1 N–H and O–H groups in total. The maximum Gasteiger partial charge on any atom is 0.118 e. The molecule has 0 spiro atoms. The van der Waals surface area contributed by atoms with Gasteiger partial charge in [-0.25, -0.2) is 0 Å². The minimum absolute atomic E-state index is 0.410. The van der Waals surface area contributed by atoms with Crippen molar-refractivity contribution in [2.75, 3.05) is 0 Å². The standard InChI is InChI=1S/C10H14O/c1-4-9-6-10(11)8(3)5-7(9)2/h5-6,11H,4H2,1-3H3. The molecule has 0 bridgehead atoms. The zero-order valence-electron chi connectivity index (χ0n) is 7.31. The zero-order valence-corrected chi connectivity index (χ0v) is 7.31. The van der Waals surface area contributed by atoms with E-state index >= 15 is 0 Å². The highest BCUT2D eigenvalue weighted by molar-refractivity contribution is 5.40. The van der Waals surface area contributed by atoms with Crippen LogP contribution in [0.4, 0.5) is 0 Å². The minimum Gasteiger partial charge on any atom is -0.508 e. The Hall–Kier alpha value is -0.980. The summed E-state index contributed by atoms with van der Waals surface area (Å²) in [6.45, 7) is 6.09. The second-order valence-corrected chi connectivity index (χ2v) is 2.92. The largest absolute Gasteiger partial charge is 0.508 e. The first-order valence-electron chi connectivity index (χ1n) is 3.94. The van der Waals surface area contributed by atoms with E-state index in [4.69, 9.17) is 0 Å². The maximum absolute atomic E-state index is 9.36. The molecule has 60 valence electrons. The third kappa shape index (κ3) is 1.53. The Morgan fingerprint density at radius 3 is 2.36 bits per heavy atom. The molecule has 1 heteroatoms. The number of aryl methyl sites for hydroxylation is 3. The molecule has 0 heterocycles. The van der Waals surface area contributed by atoms with Gasteiger partial charge in [-0.05, 0) is 43.0 Å². The molecule has 1 aromatic carbocycles. The summed E-state index contributed by atoms with van der Waals surface area (Å²) in [6.07, 6.45) is 0.986. The third-order valence-electron chi connectivity index (χ3n) is 2.04. The lowest BCUT2D eigenvalue weighted by Crippen LogP contribution is -1.87. The second kappa shape index (κ2) is 2.95. The number of benzene rings is 1. The summed E-state index contributed by atoms with van der Waals surface area (Å²) >= 11 is 0. The molecule has 0 saturated carbocycles. The van der Waals surface area contributed by atoms with Crippen LogP contribution < -0.4 is 0 Å². The van der Waals surface area contributed by atoms with Crippen LogP contribution in [-0.2, 0) is 6.42 Å². The summed E-state index contributed by atoms with van der Waals surface area (Å²) in [5.74, 6) is 0.410. The Morgan fingerprint density at radius 2 is 1.82 bits per heavy atom. The van der Waals surface area contributed by atoms with Gasteiger partial charge in [0.25, 0.3) is 0 Å². The van der Waals surface area contributed by atoms with Gasteiger partial charge >= 0.3 is 0 Å². The fourth-order valence-electron chi connectivity index (χ4n) is 1.27. The molecular formula is C10H14O. The number of phenolic OH excluding ortho intramolecular Hbond substituents is 1. The molecule has 0 aliphatic carbocycles. The van der Waals surface area contributed by atoms with Gasteiger partial charge in [0.2, 0.25) is 0 Å². The number of hydrogen-bond acceptors (Lipinski definition) is 1. The first kappa shape index (κ1) is 8.12. The first-order valence-corrected chi connectivity index (χ1v) is 3.94. The third-order valence-corrected chi connectivity index (χ3v) is 2.04. The topological polar surface area (TPSA) is 20.2 Å². The monoisotopic (exact) mass is 150 g/mol. The van der Waals surface area contributed by atoms with Crippen molar-refractivity contribution in [3.63, 3.8) is 0 Å². The maximum atomic E-state index is 9.36. The lowest BCUT2D eigenvalue weighted by molar-refractivity contribution is 0.470. The van der Waals surface area contributed by atoms with Crippen molar-refractivity contribution in [2.24, 2.45) is 0 Å². The van der Waals surface area contributed by atoms with Gasteiger partial charge in [0.1, 0.15) is 5.75 Å².